The summed E-state index contributed by atoms with van der Waals surface area (Å²) in [4.78, 5) is 18.4. The van der Waals surface area contributed by atoms with Crippen molar-refractivity contribution in [1.29, 1.82) is 0 Å². The number of benzene rings is 2. The van der Waals surface area contributed by atoms with E-state index >= 15 is 0 Å². The second kappa shape index (κ2) is 9.87. The molecule has 0 spiro atoms. The van der Waals surface area contributed by atoms with E-state index in [-0.39, 0.29) is 11.7 Å². The molecule has 152 valence electrons. The molecular formula is C23H27FN4O. The summed E-state index contributed by atoms with van der Waals surface area (Å²) in [6, 6.07) is 16.5. The Kier molecular flexibility index (Phi) is 7.00. The predicted octanol–water partition coefficient (Wildman–Crippen LogP) is 2.83. The summed E-state index contributed by atoms with van der Waals surface area (Å²) in [5, 5.41) is 3.28. The summed E-state index contributed by atoms with van der Waals surface area (Å²) >= 11 is 0. The van der Waals surface area contributed by atoms with Gasteiger partial charge in [0, 0.05) is 26.7 Å². The van der Waals surface area contributed by atoms with Gasteiger partial charge in [0.15, 0.2) is 5.96 Å². The summed E-state index contributed by atoms with van der Waals surface area (Å²) in [5.41, 5.74) is 9.05. The summed E-state index contributed by atoms with van der Waals surface area (Å²) in [6.07, 6.45) is 3.60. The van der Waals surface area contributed by atoms with Crippen LogP contribution in [0.1, 0.15) is 17.5 Å². The second-order valence-corrected chi connectivity index (χ2v) is 7.15. The normalized spacial score (nSPS) is 15.6. The van der Waals surface area contributed by atoms with Crippen molar-refractivity contribution in [3.8, 4) is 0 Å². The number of hydrogen-bond donors (Lipinski definition) is 2. The first-order valence-electron chi connectivity index (χ1n) is 9.80. The van der Waals surface area contributed by atoms with Gasteiger partial charge in [-0.2, -0.15) is 0 Å². The lowest BCUT2D eigenvalue weighted by Crippen LogP contribution is -2.46. The maximum Gasteiger partial charge on any atom is 0.222 e. The summed E-state index contributed by atoms with van der Waals surface area (Å²) in [5.74, 6) is -0.339. The Hall–Kier alpha value is -3.15. The van der Waals surface area contributed by atoms with Crippen molar-refractivity contribution in [2.75, 3.05) is 26.7 Å². The number of amides is 1. The first-order valence-corrected chi connectivity index (χ1v) is 9.80. The fourth-order valence-corrected chi connectivity index (χ4v) is 3.50. The van der Waals surface area contributed by atoms with Crippen LogP contribution in [0.15, 0.2) is 65.7 Å². The minimum atomic E-state index is -0.405. The summed E-state index contributed by atoms with van der Waals surface area (Å²) < 4.78 is 13.1. The van der Waals surface area contributed by atoms with E-state index in [0.717, 1.165) is 31.0 Å². The van der Waals surface area contributed by atoms with Gasteiger partial charge in [0.25, 0.3) is 0 Å². The van der Waals surface area contributed by atoms with Crippen molar-refractivity contribution < 1.29 is 9.18 Å². The Balaban J connectivity index is 1.58. The lowest BCUT2D eigenvalue weighted by atomic mass is 9.98. The van der Waals surface area contributed by atoms with Crippen LogP contribution in [0.2, 0.25) is 0 Å². The van der Waals surface area contributed by atoms with Crippen molar-refractivity contribution in [3.63, 3.8) is 0 Å². The number of nitrogens with one attached hydrogen (secondary N) is 1. The number of rotatable bonds is 6. The Morgan fingerprint density at radius 3 is 2.52 bits per heavy atom. The van der Waals surface area contributed by atoms with Gasteiger partial charge < -0.3 is 16.0 Å². The van der Waals surface area contributed by atoms with Crippen LogP contribution in [0.5, 0.6) is 0 Å². The molecule has 0 aromatic heterocycles. The van der Waals surface area contributed by atoms with Crippen LogP contribution in [0, 0.1) is 11.7 Å². The first-order chi connectivity index (χ1) is 14.1. The average Bonchev–Trinajstić information content (AvgIpc) is 2.75. The second-order valence-electron chi connectivity index (χ2n) is 7.15. The summed E-state index contributed by atoms with van der Waals surface area (Å²) in [7, 11) is 1.73. The third-order valence-electron chi connectivity index (χ3n) is 5.17. The van der Waals surface area contributed by atoms with Crippen LogP contribution in [0.3, 0.4) is 0 Å². The number of carbonyl (C=O) groups excluding carboxylic acids is 1. The highest BCUT2D eigenvalue weighted by atomic mass is 19.1. The molecule has 3 rings (SSSR count). The monoisotopic (exact) mass is 394 g/mol. The van der Waals surface area contributed by atoms with E-state index in [2.05, 4.69) is 33.4 Å². The number of nitrogens with zero attached hydrogens (tertiary/aromatic N) is 2. The minimum absolute atomic E-state index is 0.295. The molecule has 1 aliphatic heterocycles. The van der Waals surface area contributed by atoms with Crippen LogP contribution in [0.4, 0.5) is 4.39 Å². The largest absolute Gasteiger partial charge is 0.369 e. The lowest BCUT2D eigenvalue weighted by molar-refractivity contribution is -0.121. The molecule has 1 amide bonds. The van der Waals surface area contributed by atoms with Crippen molar-refractivity contribution in [3.05, 3.63) is 77.6 Å². The Morgan fingerprint density at radius 2 is 1.93 bits per heavy atom. The molecule has 0 bridgehead atoms. The maximum atomic E-state index is 13.1. The lowest BCUT2D eigenvalue weighted by Gasteiger charge is -2.30. The van der Waals surface area contributed by atoms with Crippen LogP contribution >= 0.6 is 0 Å². The molecule has 2 aromatic carbocycles. The zero-order valence-corrected chi connectivity index (χ0v) is 16.6. The van der Waals surface area contributed by atoms with Gasteiger partial charge in [0.2, 0.25) is 5.91 Å². The number of halogens is 1. The zero-order chi connectivity index (χ0) is 20.6. The van der Waals surface area contributed by atoms with Gasteiger partial charge in [-0.05, 0) is 41.7 Å². The minimum Gasteiger partial charge on any atom is -0.369 e. The standard InChI is InChI=1S/C23H27FN4O/c1-26-23(28-13-11-19(12-14-28)18-5-3-2-4-6-18)27-16-20(22(25)29)15-17-7-9-21(24)10-8-17/h2-11,20H,12-16H2,1H3,(H2,25,29)(H,26,27). The topological polar surface area (TPSA) is 70.7 Å². The van der Waals surface area contributed by atoms with E-state index in [1.54, 1.807) is 19.2 Å². The van der Waals surface area contributed by atoms with E-state index in [9.17, 15) is 9.18 Å². The van der Waals surface area contributed by atoms with Crippen LogP contribution in [0.25, 0.3) is 5.57 Å². The van der Waals surface area contributed by atoms with E-state index in [1.165, 1.54) is 23.3 Å². The highest BCUT2D eigenvalue weighted by Crippen LogP contribution is 2.22. The Bertz CT molecular complexity index is 878. The molecule has 0 saturated carbocycles. The van der Waals surface area contributed by atoms with Crippen LogP contribution < -0.4 is 11.1 Å². The summed E-state index contributed by atoms with van der Waals surface area (Å²) in [6.45, 7) is 1.98. The Morgan fingerprint density at radius 1 is 1.21 bits per heavy atom. The Labute approximate surface area is 171 Å². The van der Waals surface area contributed by atoms with Gasteiger partial charge in [-0.3, -0.25) is 9.79 Å². The zero-order valence-electron chi connectivity index (χ0n) is 16.6. The molecule has 0 fully saturated rings. The third-order valence-corrected chi connectivity index (χ3v) is 5.17. The van der Waals surface area contributed by atoms with Crippen LogP contribution in [-0.4, -0.2) is 43.4 Å². The van der Waals surface area contributed by atoms with Gasteiger partial charge in [-0.1, -0.05) is 48.5 Å². The average molecular weight is 394 g/mol. The first kappa shape index (κ1) is 20.6. The molecule has 0 saturated heterocycles. The smallest absolute Gasteiger partial charge is 0.222 e. The maximum absolute atomic E-state index is 13.1. The van der Waals surface area contributed by atoms with Crippen molar-refractivity contribution in [2.24, 2.45) is 16.6 Å². The highest BCUT2D eigenvalue weighted by molar-refractivity contribution is 5.83. The molecule has 0 aliphatic carbocycles. The van der Waals surface area contributed by atoms with Gasteiger partial charge in [-0.15, -0.1) is 0 Å². The highest BCUT2D eigenvalue weighted by Gasteiger charge is 2.20. The quantitative estimate of drug-likeness (QED) is 0.585. The van der Waals surface area contributed by atoms with Crippen LogP contribution in [-0.2, 0) is 11.2 Å². The third kappa shape index (κ3) is 5.67. The SMILES string of the molecule is CN=C(NCC(Cc1ccc(F)cc1)C(N)=O)N1CC=C(c2ccccc2)CC1. The number of aliphatic imine (C=N–C) groups is 1. The molecular weight excluding hydrogens is 367 g/mol. The fourth-order valence-electron chi connectivity index (χ4n) is 3.50. The van der Waals surface area contributed by atoms with Gasteiger partial charge in [-0.25, -0.2) is 4.39 Å². The molecule has 1 unspecified atom stereocenters. The van der Waals surface area contributed by atoms with E-state index in [0.29, 0.717) is 13.0 Å². The molecule has 1 aliphatic rings. The van der Waals surface area contributed by atoms with Crippen molar-refractivity contribution in [1.82, 2.24) is 10.2 Å². The molecule has 5 nitrogen and oxygen atoms in total. The van der Waals surface area contributed by atoms with Crippen molar-refractivity contribution >= 4 is 17.4 Å². The fraction of sp³-hybridized carbons (Fsp3) is 0.304. The molecule has 1 atom stereocenters. The van der Waals surface area contributed by atoms with Gasteiger partial charge in [0.1, 0.15) is 5.82 Å². The van der Waals surface area contributed by atoms with Gasteiger partial charge in [0.05, 0.1) is 5.92 Å². The molecule has 2 aromatic rings. The molecule has 3 N–H and O–H groups in total. The van der Waals surface area contributed by atoms with E-state index in [4.69, 9.17) is 5.73 Å². The van der Waals surface area contributed by atoms with E-state index in [1.807, 2.05) is 18.2 Å². The van der Waals surface area contributed by atoms with Gasteiger partial charge >= 0.3 is 0 Å². The predicted molar refractivity (Wildman–Crippen MR) is 115 cm³/mol. The van der Waals surface area contributed by atoms with E-state index < -0.39 is 5.92 Å². The number of hydrogen-bond acceptors (Lipinski definition) is 2. The molecule has 1 heterocycles. The molecule has 29 heavy (non-hydrogen) atoms. The number of guanidine groups is 1. The molecule has 6 heteroatoms. The molecule has 0 radical (unpaired) electrons. The number of carbonyl (C=O) groups is 1. The number of nitrogens with two attached hydrogens (primary N) is 1. The number of primary amides is 1. The van der Waals surface area contributed by atoms with Crippen molar-refractivity contribution in [2.45, 2.75) is 12.8 Å².